The molecule has 0 aliphatic heterocycles. The molecule has 0 spiro atoms. The lowest BCUT2D eigenvalue weighted by Gasteiger charge is -2.35. The number of hydrogen-bond donors (Lipinski definition) is 1. The fraction of sp³-hybridized carbons (Fsp3) is 0.818. The second kappa shape index (κ2) is 4.08. The number of nitrogens with zero attached hydrogens (tertiary/aromatic N) is 2. The average molecular weight is 225 g/mol. The fourth-order valence-electron chi connectivity index (χ4n) is 2.35. The van der Waals surface area contributed by atoms with Gasteiger partial charge in [-0.1, -0.05) is 20.3 Å². The first-order valence-electron chi connectivity index (χ1n) is 5.62. The Kier molecular flexibility index (Phi) is 2.96. The van der Waals surface area contributed by atoms with Gasteiger partial charge in [-0.3, -0.25) is 0 Å². The Hall–Kier alpha value is -0.640. The molecule has 1 aromatic rings. The number of aryl methyl sites for hydroxylation is 1. The van der Waals surface area contributed by atoms with Crippen LogP contribution < -0.4 is 5.32 Å². The third kappa shape index (κ3) is 2.91. The lowest BCUT2D eigenvalue weighted by atomic mass is 9.75. The van der Waals surface area contributed by atoms with Crippen LogP contribution in [0.1, 0.15) is 45.4 Å². The van der Waals surface area contributed by atoms with Crippen LogP contribution >= 0.6 is 11.5 Å². The van der Waals surface area contributed by atoms with Crippen molar-refractivity contribution in [3.63, 3.8) is 0 Å². The van der Waals surface area contributed by atoms with Crippen molar-refractivity contribution in [3.8, 4) is 0 Å². The summed E-state index contributed by atoms with van der Waals surface area (Å²) in [7, 11) is 0. The van der Waals surface area contributed by atoms with E-state index in [2.05, 4.69) is 28.5 Å². The van der Waals surface area contributed by atoms with Gasteiger partial charge >= 0.3 is 0 Å². The normalized spacial score (nSPS) is 25.1. The molecule has 1 unspecified atom stereocenters. The quantitative estimate of drug-likeness (QED) is 0.839. The molecule has 0 radical (unpaired) electrons. The molecule has 1 saturated carbocycles. The Bertz CT molecular complexity index is 332. The minimum Gasteiger partial charge on any atom is -0.358 e. The highest BCUT2D eigenvalue weighted by molar-refractivity contribution is 7.09. The van der Waals surface area contributed by atoms with Gasteiger partial charge in [0, 0.05) is 17.6 Å². The zero-order valence-electron chi connectivity index (χ0n) is 9.71. The van der Waals surface area contributed by atoms with Crippen molar-refractivity contribution in [2.45, 2.75) is 52.5 Å². The molecular formula is C11H19N3S. The molecule has 0 aromatic carbocycles. The SMILES string of the molecule is Cc1nsc(NC2CCCC(C)(C)C2)n1. The van der Waals surface area contributed by atoms with E-state index in [4.69, 9.17) is 0 Å². The van der Waals surface area contributed by atoms with Crippen molar-refractivity contribution in [2.24, 2.45) is 5.41 Å². The average Bonchev–Trinajstić information content (AvgIpc) is 2.49. The van der Waals surface area contributed by atoms with Crippen LogP contribution in [0.2, 0.25) is 0 Å². The number of rotatable bonds is 2. The van der Waals surface area contributed by atoms with Gasteiger partial charge in [-0.15, -0.1) is 0 Å². The minimum atomic E-state index is 0.482. The fourth-order valence-corrected chi connectivity index (χ4v) is 3.00. The van der Waals surface area contributed by atoms with E-state index in [0.29, 0.717) is 11.5 Å². The predicted molar refractivity (Wildman–Crippen MR) is 64.3 cm³/mol. The van der Waals surface area contributed by atoms with E-state index in [0.717, 1.165) is 11.0 Å². The highest BCUT2D eigenvalue weighted by Gasteiger charge is 2.28. The molecule has 84 valence electrons. The molecule has 1 N–H and O–H groups in total. The summed E-state index contributed by atoms with van der Waals surface area (Å²) in [6.45, 7) is 6.64. The third-order valence-electron chi connectivity index (χ3n) is 3.06. The van der Waals surface area contributed by atoms with E-state index >= 15 is 0 Å². The molecule has 1 atom stereocenters. The summed E-state index contributed by atoms with van der Waals surface area (Å²) in [4.78, 5) is 4.35. The highest BCUT2D eigenvalue weighted by atomic mass is 32.1. The van der Waals surface area contributed by atoms with Gasteiger partial charge < -0.3 is 5.32 Å². The Morgan fingerprint density at radius 3 is 2.87 bits per heavy atom. The zero-order valence-corrected chi connectivity index (χ0v) is 10.5. The van der Waals surface area contributed by atoms with Crippen molar-refractivity contribution in [2.75, 3.05) is 5.32 Å². The number of aromatic nitrogens is 2. The second-order valence-corrected chi connectivity index (χ2v) is 6.00. The van der Waals surface area contributed by atoms with E-state index in [1.165, 1.54) is 37.2 Å². The first-order chi connectivity index (χ1) is 7.05. The molecule has 15 heavy (non-hydrogen) atoms. The first-order valence-corrected chi connectivity index (χ1v) is 6.39. The van der Waals surface area contributed by atoms with E-state index in [-0.39, 0.29) is 0 Å². The zero-order chi connectivity index (χ0) is 10.9. The van der Waals surface area contributed by atoms with Crippen LogP contribution in [0.5, 0.6) is 0 Å². The van der Waals surface area contributed by atoms with Crippen molar-refractivity contribution in [1.29, 1.82) is 0 Å². The minimum absolute atomic E-state index is 0.482. The molecule has 1 heterocycles. The molecule has 1 aromatic heterocycles. The standard InChI is InChI=1S/C11H19N3S/c1-8-12-10(15-14-8)13-9-5-4-6-11(2,3)7-9/h9H,4-7H2,1-3H3,(H,12,13,14). The molecule has 2 rings (SSSR count). The Morgan fingerprint density at radius 1 is 1.47 bits per heavy atom. The van der Waals surface area contributed by atoms with Gasteiger partial charge in [0.25, 0.3) is 0 Å². The molecular weight excluding hydrogens is 206 g/mol. The van der Waals surface area contributed by atoms with Crippen LogP contribution in [0, 0.1) is 12.3 Å². The molecule has 1 aliphatic carbocycles. The van der Waals surface area contributed by atoms with Gasteiger partial charge in [-0.2, -0.15) is 4.37 Å². The molecule has 0 bridgehead atoms. The summed E-state index contributed by atoms with van der Waals surface area (Å²) in [6.07, 6.45) is 5.18. The van der Waals surface area contributed by atoms with Gasteiger partial charge in [-0.25, -0.2) is 4.98 Å². The van der Waals surface area contributed by atoms with Gasteiger partial charge in [-0.05, 0) is 31.6 Å². The van der Waals surface area contributed by atoms with Crippen LogP contribution in [-0.4, -0.2) is 15.4 Å². The van der Waals surface area contributed by atoms with Gasteiger partial charge in [0.15, 0.2) is 0 Å². The summed E-state index contributed by atoms with van der Waals surface area (Å²) < 4.78 is 4.19. The monoisotopic (exact) mass is 225 g/mol. The summed E-state index contributed by atoms with van der Waals surface area (Å²) in [5, 5.41) is 4.48. The first kappa shape index (κ1) is 10.9. The molecule has 3 nitrogen and oxygen atoms in total. The van der Waals surface area contributed by atoms with Crippen molar-refractivity contribution < 1.29 is 0 Å². The molecule has 0 amide bonds. The van der Waals surface area contributed by atoms with Gasteiger partial charge in [0.2, 0.25) is 5.13 Å². The van der Waals surface area contributed by atoms with Crippen LogP contribution in [0.15, 0.2) is 0 Å². The van der Waals surface area contributed by atoms with E-state index in [1.807, 2.05) is 6.92 Å². The Morgan fingerprint density at radius 2 is 2.27 bits per heavy atom. The third-order valence-corrected chi connectivity index (χ3v) is 3.80. The van der Waals surface area contributed by atoms with Crippen molar-refractivity contribution in [1.82, 2.24) is 9.36 Å². The van der Waals surface area contributed by atoms with Crippen LogP contribution in [0.3, 0.4) is 0 Å². The maximum absolute atomic E-state index is 4.35. The van der Waals surface area contributed by atoms with Gasteiger partial charge in [0.05, 0.1) is 0 Å². The number of hydrogen-bond acceptors (Lipinski definition) is 4. The summed E-state index contributed by atoms with van der Waals surface area (Å²) >= 11 is 1.47. The number of nitrogens with one attached hydrogen (secondary N) is 1. The van der Waals surface area contributed by atoms with Crippen molar-refractivity contribution >= 4 is 16.7 Å². The molecule has 0 saturated heterocycles. The smallest absolute Gasteiger partial charge is 0.202 e. The van der Waals surface area contributed by atoms with Gasteiger partial charge in [0.1, 0.15) is 5.82 Å². The number of anilines is 1. The topological polar surface area (TPSA) is 37.8 Å². The predicted octanol–water partition coefficient (Wildman–Crippen LogP) is 3.23. The molecule has 1 aliphatic rings. The van der Waals surface area contributed by atoms with E-state index in [1.54, 1.807) is 0 Å². The summed E-state index contributed by atoms with van der Waals surface area (Å²) in [5.41, 5.74) is 0.482. The largest absolute Gasteiger partial charge is 0.358 e. The lowest BCUT2D eigenvalue weighted by Crippen LogP contribution is -2.31. The highest BCUT2D eigenvalue weighted by Crippen LogP contribution is 2.36. The maximum atomic E-state index is 4.35. The lowest BCUT2D eigenvalue weighted by molar-refractivity contribution is 0.229. The van der Waals surface area contributed by atoms with E-state index in [9.17, 15) is 0 Å². The Labute approximate surface area is 95.5 Å². The van der Waals surface area contributed by atoms with E-state index < -0.39 is 0 Å². The summed E-state index contributed by atoms with van der Waals surface area (Å²) in [5.74, 6) is 0.873. The van der Waals surface area contributed by atoms with Crippen molar-refractivity contribution in [3.05, 3.63) is 5.82 Å². The molecule has 4 heteroatoms. The van der Waals surface area contributed by atoms with Crippen LogP contribution in [-0.2, 0) is 0 Å². The summed E-state index contributed by atoms with van der Waals surface area (Å²) in [6, 6.07) is 0.584. The Balaban J connectivity index is 1.95. The maximum Gasteiger partial charge on any atom is 0.202 e. The second-order valence-electron chi connectivity index (χ2n) is 5.25. The van der Waals surface area contributed by atoms with Crippen LogP contribution in [0.4, 0.5) is 5.13 Å². The molecule has 1 fully saturated rings. The van der Waals surface area contributed by atoms with Crippen LogP contribution in [0.25, 0.3) is 0 Å².